The minimum Gasteiger partial charge on any atom is -0.247 e. The lowest BCUT2D eigenvalue weighted by Gasteiger charge is -2.11. The summed E-state index contributed by atoms with van der Waals surface area (Å²) in [5.41, 5.74) is 3.43. The number of nitrogens with zero attached hydrogens (tertiary/aromatic N) is 1. The summed E-state index contributed by atoms with van der Waals surface area (Å²) < 4.78 is 0. The Morgan fingerprint density at radius 1 is 0.565 bits per heavy atom. The SMILES string of the molecule is Cc1cccc2nc3c4ccccc4c4ccccc4c3cc12. The molecule has 0 saturated carbocycles. The summed E-state index contributed by atoms with van der Waals surface area (Å²) in [6.45, 7) is 2.15. The molecule has 0 fully saturated rings. The van der Waals surface area contributed by atoms with E-state index in [0.717, 1.165) is 11.0 Å². The zero-order chi connectivity index (χ0) is 15.4. The van der Waals surface area contributed by atoms with E-state index in [2.05, 4.69) is 79.7 Å². The molecule has 5 aromatic rings. The molecule has 0 spiro atoms. The molecule has 1 heterocycles. The number of hydrogen-bond donors (Lipinski definition) is 0. The Morgan fingerprint density at radius 3 is 1.91 bits per heavy atom. The van der Waals surface area contributed by atoms with Crippen molar-refractivity contribution in [1.29, 1.82) is 0 Å². The molecule has 1 aromatic heterocycles. The normalized spacial score (nSPS) is 11.7. The molecular formula is C22H15N. The van der Waals surface area contributed by atoms with E-state index in [1.54, 1.807) is 0 Å². The van der Waals surface area contributed by atoms with Crippen molar-refractivity contribution in [3.8, 4) is 0 Å². The summed E-state index contributed by atoms with van der Waals surface area (Å²) in [6.07, 6.45) is 0. The third-order valence-electron chi connectivity index (χ3n) is 4.77. The predicted molar refractivity (Wildman–Crippen MR) is 99.0 cm³/mol. The van der Waals surface area contributed by atoms with Crippen LogP contribution in [0.15, 0.2) is 72.8 Å². The van der Waals surface area contributed by atoms with E-state index in [0.29, 0.717) is 0 Å². The summed E-state index contributed by atoms with van der Waals surface area (Å²) in [5, 5.41) is 7.55. The monoisotopic (exact) mass is 293 g/mol. The Morgan fingerprint density at radius 2 is 1.17 bits per heavy atom. The maximum atomic E-state index is 5.02. The van der Waals surface area contributed by atoms with E-state index >= 15 is 0 Å². The van der Waals surface area contributed by atoms with Crippen LogP contribution in [0.1, 0.15) is 5.56 Å². The van der Waals surface area contributed by atoms with Crippen LogP contribution < -0.4 is 0 Å². The maximum absolute atomic E-state index is 5.02. The Hall–Kier alpha value is -2.93. The van der Waals surface area contributed by atoms with E-state index in [-0.39, 0.29) is 0 Å². The van der Waals surface area contributed by atoms with Gasteiger partial charge in [0.25, 0.3) is 0 Å². The highest BCUT2D eigenvalue weighted by Gasteiger charge is 2.10. The topological polar surface area (TPSA) is 12.9 Å². The Bertz CT molecular complexity index is 1220. The largest absolute Gasteiger partial charge is 0.247 e. The Balaban J connectivity index is 2.16. The predicted octanol–water partition coefficient (Wildman–Crippen LogP) is 6.00. The lowest BCUT2D eigenvalue weighted by molar-refractivity contribution is 1.47. The van der Waals surface area contributed by atoms with Crippen molar-refractivity contribution in [3.63, 3.8) is 0 Å². The first-order valence-electron chi connectivity index (χ1n) is 7.92. The number of aromatic nitrogens is 1. The molecule has 1 heteroatoms. The summed E-state index contributed by atoms with van der Waals surface area (Å²) in [5.74, 6) is 0. The number of aryl methyl sites for hydroxylation is 1. The van der Waals surface area contributed by atoms with Gasteiger partial charge in [-0.25, -0.2) is 4.98 Å². The summed E-state index contributed by atoms with van der Waals surface area (Å²) in [7, 11) is 0. The highest BCUT2D eigenvalue weighted by molar-refractivity contribution is 6.25. The van der Waals surface area contributed by atoms with Gasteiger partial charge in [-0.2, -0.15) is 0 Å². The van der Waals surface area contributed by atoms with Crippen molar-refractivity contribution in [3.05, 3.63) is 78.4 Å². The van der Waals surface area contributed by atoms with Gasteiger partial charge in [-0.05, 0) is 40.8 Å². The molecule has 0 bridgehead atoms. The molecule has 23 heavy (non-hydrogen) atoms. The van der Waals surface area contributed by atoms with Gasteiger partial charge in [0.1, 0.15) is 0 Å². The zero-order valence-electron chi connectivity index (χ0n) is 12.9. The minimum absolute atomic E-state index is 1.07. The molecule has 0 atom stereocenters. The fourth-order valence-corrected chi connectivity index (χ4v) is 3.63. The van der Waals surface area contributed by atoms with Crippen molar-refractivity contribution in [1.82, 2.24) is 4.98 Å². The first kappa shape index (κ1) is 12.6. The molecule has 0 aliphatic rings. The molecule has 1 nitrogen and oxygen atoms in total. The highest BCUT2D eigenvalue weighted by atomic mass is 14.7. The Labute approximate surface area is 134 Å². The second kappa shape index (κ2) is 4.53. The number of rotatable bonds is 0. The molecule has 0 amide bonds. The van der Waals surface area contributed by atoms with E-state index < -0.39 is 0 Å². The third-order valence-corrected chi connectivity index (χ3v) is 4.77. The lowest BCUT2D eigenvalue weighted by atomic mass is 9.95. The van der Waals surface area contributed by atoms with Crippen LogP contribution in [0.3, 0.4) is 0 Å². The molecule has 0 aliphatic heterocycles. The molecule has 0 N–H and O–H groups in total. The number of benzene rings is 4. The average Bonchev–Trinajstić information content (AvgIpc) is 2.61. The summed E-state index contributed by atoms with van der Waals surface area (Å²) >= 11 is 0. The van der Waals surface area contributed by atoms with E-state index in [1.165, 1.54) is 37.9 Å². The fraction of sp³-hybridized carbons (Fsp3) is 0.0455. The van der Waals surface area contributed by atoms with E-state index in [9.17, 15) is 0 Å². The molecule has 4 aromatic carbocycles. The second-order valence-electron chi connectivity index (χ2n) is 6.12. The van der Waals surface area contributed by atoms with Crippen LogP contribution in [0.2, 0.25) is 0 Å². The van der Waals surface area contributed by atoms with Crippen LogP contribution in [0.4, 0.5) is 0 Å². The molecule has 5 rings (SSSR count). The van der Waals surface area contributed by atoms with Crippen molar-refractivity contribution in [2.45, 2.75) is 6.92 Å². The van der Waals surface area contributed by atoms with Gasteiger partial charge in [-0.15, -0.1) is 0 Å². The van der Waals surface area contributed by atoms with Gasteiger partial charge in [0, 0.05) is 16.2 Å². The van der Waals surface area contributed by atoms with Gasteiger partial charge in [0.05, 0.1) is 11.0 Å². The molecule has 0 unspecified atom stereocenters. The number of pyridine rings is 1. The molecule has 0 radical (unpaired) electrons. The zero-order valence-corrected chi connectivity index (χ0v) is 12.9. The molecule has 0 saturated heterocycles. The summed E-state index contributed by atoms with van der Waals surface area (Å²) in [4.78, 5) is 5.02. The average molecular weight is 293 g/mol. The minimum atomic E-state index is 1.07. The van der Waals surface area contributed by atoms with Gasteiger partial charge >= 0.3 is 0 Å². The fourth-order valence-electron chi connectivity index (χ4n) is 3.63. The second-order valence-corrected chi connectivity index (χ2v) is 6.12. The van der Waals surface area contributed by atoms with Crippen LogP contribution in [-0.4, -0.2) is 4.98 Å². The van der Waals surface area contributed by atoms with Gasteiger partial charge < -0.3 is 0 Å². The molecular weight excluding hydrogens is 278 g/mol. The summed E-state index contributed by atoms with van der Waals surface area (Å²) in [6, 6.07) is 25.8. The highest BCUT2D eigenvalue weighted by Crippen LogP contribution is 2.35. The standard InChI is InChI=1S/C22H15N/c1-14-7-6-12-21-19(14)13-20-17-10-3-2-8-15(17)16-9-4-5-11-18(16)22(20)23-21/h2-13H,1H3. The smallest absolute Gasteiger partial charge is 0.0794 e. The van der Waals surface area contributed by atoms with E-state index in [4.69, 9.17) is 4.98 Å². The maximum Gasteiger partial charge on any atom is 0.0794 e. The van der Waals surface area contributed by atoms with Crippen LogP contribution in [-0.2, 0) is 0 Å². The van der Waals surface area contributed by atoms with Gasteiger partial charge in [0.2, 0.25) is 0 Å². The van der Waals surface area contributed by atoms with Crippen molar-refractivity contribution in [2.75, 3.05) is 0 Å². The van der Waals surface area contributed by atoms with Gasteiger partial charge in [0.15, 0.2) is 0 Å². The third kappa shape index (κ3) is 1.71. The van der Waals surface area contributed by atoms with Crippen LogP contribution >= 0.6 is 0 Å². The lowest BCUT2D eigenvalue weighted by Crippen LogP contribution is -1.89. The van der Waals surface area contributed by atoms with E-state index in [1.807, 2.05) is 0 Å². The van der Waals surface area contributed by atoms with Crippen molar-refractivity contribution in [2.24, 2.45) is 0 Å². The first-order valence-corrected chi connectivity index (χ1v) is 7.92. The quantitative estimate of drug-likeness (QED) is 0.252. The molecule has 108 valence electrons. The Kier molecular flexibility index (Phi) is 2.48. The van der Waals surface area contributed by atoms with Crippen LogP contribution in [0.25, 0.3) is 43.4 Å². The molecule has 0 aliphatic carbocycles. The van der Waals surface area contributed by atoms with Crippen LogP contribution in [0, 0.1) is 6.92 Å². The number of hydrogen-bond acceptors (Lipinski definition) is 1. The number of fused-ring (bicyclic) bond motifs is 7. The van der Waals surface area contributed by atoms with Crippen LogP contribution in [0.5, 0.6) is 0 Å². The van der Waals surface area contributed by atoms with Crippen molar-refractivity contribution < 1.29 is 0 Å². The first-order chi connectivity index (χ1) is 11.3. The van der Waals surface area contributed by atoms with Gasteiger partial charge in [-0.1, -0.05) is 60.7 Å². The van der Waals surface area contributed by atoms with Gasteiger partial charge in [-0.3, -0.25) is 0 Å². The van der Waals surface area contributed by atoms with Crippen molar-refractivity contribution >= 4 is 43.4 Å².